The van der Waals surface area contributed by atoms with Gasteiger partial charge < -0.3 is 4.74 Å². The number of aryl methyl sites for hydroxylation is 2. The number of rotatable bonds is 2. The number of amides is 1. The molecule has 0 bridgehead atoms. The standard InChI is InChI=1S/C16H20ClN3O2/c1-10-6-7-11(17)8-12(10)14-13(9-18-20(14)5)19-15(21)22-16(2,3)4/h6-9H,1-5H3,(H,19,21). The Labute approximate surface area is 135 Å². The van der Waals surface area contributed by atoms with E-state index in [0.717, 1.165) is 16.8 Å². The van der Waals surface area contributed by atoms with Gasteiger partial charge in [-0.15, -0.1) is 0 Å². The first kappa shape index (κ1) is 16.4. The Balaban J connectivity index is 2.36. The van der Waals surface area contributed by atoms with Gasteiger partial charge in [0.15, 0.2) is 0 Å². The van der Waals surface area contributed by atoms with Crippen LogP contribution in [0.25, 0.3) is 11.3 Å². The molecule has 22 heavy (non-hydrogen) atoms. The van der Waals surface area contributed by atoms with Crippen molar-refractivity contribution < 1.29 is 9.53 Å². The number of carbonyl (C=O) groups is 1. The molecule has 5 nitrogen and oxygen atoms in total. The van der Waals surface area contributed by atoms with E-state index in [1.165, 1.54) is 0 Å². The second-order valence-corrected chi connectivity index (χ2v) is 6.55. The average Bonchev–Trinajstić information content (AvgIpc) is 2.71. The maximum absolute atomic E-state index is 12.0. The van der Waals surface area contributed by atoms with Crippen molar-refractivity contribution in [3.63, 3.8) is 0 Å². The Morgan fingerprint density at radius 3 is 2.68 bits per heavy atom. The van der Waals surface area contributed by atoms with Crippen LogP contribution < -0.4 is 5.32 Å². The Bertz CT molecular complexity index is 702. The minimum atomic E-state index is -0.557. The summed E-state index contributed by atoms with van der Waals surface area (Å²) in [6, 6.07) is 5.62. The first-order valence-electron chi connectivity index (χ1n) is 6.96. The van der Waals surface area contributed by atoms with Crippen LogP contribution in [-0.2, 0) is 11.8 Å². The van der Waals surface area contributed by atoms with Gasteiger partial charge in [0.1, 0.15) is 5.60 Å². The molecule has 1 N–H and O–H groups in total. The van der Waals surface area contributed by atoms with Crippen molar-refractivity contribution in [2.75, 3.05) is 5.32 Å². The van der Waals surface area contributed by atoms with E-state index in [0.29, 0.717) is 10.7 Å². The highest BCUT2D eigenvalue weighted by Crippen LogP contribution is 2.32. The molecule has 0 saturated heterocycles. The summed E-state index contributed by atoms with van der Waals surface area (Å²) in [6.45, 7) is 7.43. The smallest absolute Gasteiger partial charge is 0.412 e. The maximum atomic E-state index is 12.0. The number of anilines is 1. The molecule has 0 saturated carbocycles. The molecule has 1 aromatic carbocycles. The molecule has 0 fully saturated rings. The molecule has 0 aliphatic rings. The number of halogens is 1. The second kappa shape index (κ2) is 6.01. The molecule has 1 amide bonds. The lowest BCUT2D eigenvalue weighted by atomic mass is 10.0. The monoisotopic (exact) mass is 321 g/mol. The van der Waals surface area contributed by atoms with E-state index in [-0.39, 0.29) is 0 Å². The molecule has 0 spiro atoms. The zero-order chi connectivity index (χ0) is 16.5. The zero-order valence-electron chi connectivity index (χ0n) is 13.4. The topological polar surface area (TPSA) is 56.1 Å². The van der Waals surface area contributed by atoms with Crippen molar-refractivity contribution in [1.29, 1.82) is 0 Å². The summed E-state index contributed by atoms with van der Waals surface area (Å²) in [4.78, 5) is 12.0. The van der Waals surface area contributed by atoms with Crippen LogP contribution in [0.2, 0.25) is 5.02 Å². The molecular formula is C16H20ClN3O2. The Kier molecular flexibility index (Phi) is 4.47. The number of nitrogens with one attached hydrogen (secondary N) is 1. The molecule has 1 heterocycles. The third-order valence-electron chi connectivity index (χ3n) is 3.03. The summed E-state index contributed by atoms with van der Waals surface area (Å²) >= 11 is 6.09. The van der Waals surface area contributed by atoms with Crippen LogP contribution in [0.4, 0.5) is 10.5 Å². The van der Waals surface area contributed by atoms with Gasteiger partial charge in [-0.1, -0.05) is 17.7 Å². The quantitative estimate of drug-likeness (QED) is 0.892. The first-order valence-corrected chi connectivity index (χ1v) is 7.34. The fraction of sp³-hybridized carbons (Fsp3) is 0.375. The van der Waals surface area contributed by atoms with Gasteiger partial charge in [0, 0.05) is 17.6 Å². The van der Waals surface area contributed by atoms with E-state index in [4.69, 9.17) is 16.3 Å². The minimum absolute atomic E-state index is 0.513. The molecule has 1 aromatic heterocycles. The van der Waals surface area contributed by atoms with Crippen LogP contribution in [0, 0.1) is 6.92 Å². The molecular weight excluding hydrogens is 302 g/mol. The Morgan fingerprint density at radius 1 is 1.36 bits per heavy atom. The van der Waals surface area contributed by atoms with Gasteiger partial charge >= 0.3 is 6.09 Å². The van der Waals surface area contributed by atoms with Gasteiger partial charge in [0.05, 0.1) is 17.6 Å². The number of ether oxygens (including phenoxy) is 1. The van der Waals surface area contributed by atoms with Crippen LogP contribution in [-0.4, -0.2) is 21.5 Å². The molecule has 118 valence electrons. The van der Waals surface area contributed by atoms with Crippen molar-refractivity contribution >= 4 is 23.4 Å². The third kappa shape index (κ3) is 3.80. The van der Waals surface area contributed by atoms with Gasteiger partial charge in [0.25, 0.3) is 0 Å². The van der Waals surface area contributed by atoms with E-state index in [1.54, 1.807) is 10.9 Å². The van der Waals surface area contributed by atoms with Gasteiger partial charge in [-0.2, -0.15) is 5.10 Å². The molecule has 0 atom stereocenters. The Hall–Kier alpha value is -2.01. The van der Waals surface area contributed by atoms with E-state index in [2.05, 4.69) is 10.4 Å². The lowest BCUT2D eigenvalue weighted by Gasteiger charge is -2.20. The van der Waals surface area contributed by atoms with Crippen LogP contribution in [0.3, 0.4) is 0 Å². The molecule has 0 aliphatic heterocycles. The number of benzene rings is 1. The minimum Gasteiger partial charge on any atom is -0.444 e. The SMILES string of the molecule is Cc1ccc(Cl)cc1-c1c(NC(=O)OC(C)(C)C)cnn1C. The third-order valence-corrected chi connectivity index (χ3v) is 3.26. The Morgan fingerprint density at radius 2 is 2.05 bits per heavy atom. The fourth-order valence-electron chi connectivity index (χ4n) is 2.11. The molecule has 0 unspecified atom stereocenters. The van der Waals surface area contributed by atoms with Crippen molar-refractivity contribution in [2.24, 2.45) is 7.05 Å². The summed E-state index contributed by atoms with van der Waals surface area (Å²) in [7, 11) is 1.82. The van der Waals surface area contributed by atoms with Crippen LogP contribution in [0.1, 0.15) is 26.3 Å². The highest BCUT2D eigenvalue weighted by Gasteiger charge is 2.20. The molecule has 6 heteroatoms. The van der Waals surface area contributed by atoms with Crippen LogP contribution in [0.5, 0.6) is 0 Å². The van der Waals surface area contributed by atoms with E-state index in [9.17, 15) is 4.79 Å². The van der Waals surface area contributed by atoms with Crippen molar-refractivity contribution in [1.82, 2.24) is 9.78 Å². The predicted octanol–water partition coefficient (Wildman–Crippen LogP) is 4.40. The maximum Gasteiger partial charge on any atom is 0.412 e. The number of hydrogen-bond donors (Lipinski definition) is 1. The predicted molar refractivity (Wildman–Crippen MR) is 88.2 cm³/mol. The van der Waals surface area contributed by atoms with Gasteiger partial charge in [-0.25, -0.2) is 4.79 Å². The lowest BCUT2D eigenvalue weighted by molar-refractivity contribution is 0.0636. The van der Waals surface area contributed by atoms with E-state index < -0.39 is 11.7 Å². The average molecular weight is 322 g/mol. The first-order chi connectivity index (χ1) is 10.2. The number of nitrogens with zero attached hydrogens (tertiary/aromatic N) is 2. The molecule has 0 aliphatic carbocycles. The second-order valence-electron chi connectivity index (χ2n) is 6.12. The van der Waals surface area contributed by atoms with Gasteiger partial charge in [-0.3, -0.25) is 10.00 Å². The summed E-state index contributed by atoms with van der Waals surface area (Å²) in [5.41, 5.74) is 2.77. The van der Waals surface area contributed by atoms with E-state index >= 15 is 0 Å². The summed E-state index contributed by atoms with van der Waals surface area (Å²) in [5.74, 6) is 0. The lowest BCUT2D eigenvalue weighted by Crippen LogP contribution is -2.27. The normalized spacial score (nSPS) is 11.4. The van der Waals surface area contributed by atoms with Crippen LogP contribution >= 0.6 is 11.6 Å². The number of aromatic nitrogens is 2. The highest BCUT2D eigenvalue weighted by molar-refractivity contribution is 6.30. The molecule has 0 radical (unpaired) electrons. The van der Waals surface area contributed by atoms with Crippen molar-refractivity contribution in [2.45, 2.75) is 33.3 Å². The van der Waals surface area contributed by atoms with Crippen LogP contribution in [0.15, 0.2) is 24.4 Å². The molecule has 2 rings (SSSR count). The number of carbonyl (C=O) groups excluding carboxylic acids is 1. The zero-order valence-corrected chi connectivity index (χ0v) is 14.2. The molecule has 2 aromatic rings. The van der Waals surface area contributed by atoms with Gasteiger partial charge in [-0.05, 0) is 45.4 Å². The summed E-state index contributed by atoms with van der Waals surface area (Å²) in [6.07, 6.45) is 1.08. The fourth-order valence-corrected chi connectivity index (χ4v) is 2.28. The largest absolute Gasteiger partial charge is 0.444 e. The van der Waals surface area contributed by atoms with E-state index in [1.807, 2.05) is 52.9 Å². The van der Waals surface area contributed by atoms with Crippen molar-refractivity contribution in [3.8, 4) is 11.3 Å². The number of hydrogen-bond acceptors (Lipinski definition) is 3. The highest BCUT2D eigenvalue weighted by atomic mass is 35.5. The van der Waals surface area contributed by atoms with Crippen molar-refractivity contribution in [3.05, 3.63) is 35.0 Å². The summed E-state index contributed by atoms with van der Waals surface area (Å²) in [5, 5.41) is 7.59. The summed E-state index contributed by atoms with van der Waals surface area (Å²) < 4.78 is 6.98. The van der Waals surface area contributed by atoms with Gasteiger partial charge in [0.2, 0.25) is 0 Å².